The number of primary amides is 1. The van der Waals surface area contributed by atoms with Gasteiger partial charge >= 0.3 is 0 Å². The zero-order valence-corrected chi connectivity index (χ0v) is 10.7. The minimum absolute atomic E-state index is 0.126. The van der Waals surface area contributed by atoms with Crippen LogP contribution in [0, 0.1) is 11.3 Å². The van der Waals surface area contributed by atoms with Gasteiger partial charge in [-0.3, -0.25) is 4.79 Å². The van der Waals surface area contributed by atoms with Crippen molar-refractivity contribution >= 4 is 17.3 Å². The van der Waals surface area contributed by atoms with Crippen LogP contribution in [0.2, 0.25) is 0 Å². The maximum atomic E-state index is 11.4. The normalized spacial score (nSPS) is 10.1. The first kappa shape index (κ1) is 13.8. The van der Waals surface area contributed by atoms with Crippen LogP contribution in [0.4, 0.5) is 11.4 Å². The van der Waals surface area contributed by atoms with E-state index in [0.717, 1.165) is 0 Å². The Hall–Kier alpha value is -2.22. The maximum absolute atomic E-state index is 11.4. The molecule has 0 aliphatic carbocycles. The summed E-state index contributed by atoms with van der Waals surface area (Å²) in [4.78, 5) is 13.4. The van der Waals surface area contributed by atoms with Gasteiger partial charge in [-0.15, -0.1) is 0 Å². The SMILES string of the molecule is CC(C)N(CCC#N)c1c(N)cccc1C(N)=O. The number of nitrogens with two attached hydrogens (primary N) is 2. The Bertz CT molecular complexity index is 476. The Morgan fingerprint density at radius 1 is 1.50 bits per heavy atom. The van der Waals surface area contributed by atoms with E-state index >= 15 is 0 Å². The highest BCUT2D eigenvalue weighted by molar-refractivity contribution is 6.01. The molecule has 0 saturated carbocycles. The quantitative estimate of drug-likeness (QED) is 0.769. The van der Waals surface area contributed by atoms with Gasteiger partial charge in [-0.2, -0.15) is 5.26 Å². The van der Waals surface area contributed by atoms with E-state index in [-0.39, 0.29) is 6.04 Å². The van der Waals surface area contributed by atoms with Crippen molar-refractivity contribution < 1.29 is 4.79 Å². The van der Waals surface area contributed by atoms with Crippen molar-refractivity contribution in [2.45, 2.75) is 26.3 Å². The highest BCUT2D eigenvalue weighted by Gasteiger charge is 2.19. The molecule has 0 heterocycles. The average molecular weight is 246 g/mol. The van der Waals surface area contributed by atoms with Crippen molar-refractivity contribution in [3.05, 3.63) is 23.8 Å². The Kier molecular flexibility index (Phi) is 4.55. The summed E-state index contributed by atoms with van der Waals surface area (Å²) in [6, 6.07) is 7.29. The van der Waals surface area contributed by atoms with Crippen molar-refractivity contribution in [3.63, 3.8) is 0 Å². The third-order valence-corrected chi connectivity index (χ3v) is 2.71. The summed E-state index contributed by atoms with van der Waals surface area (Å²) >= 11 is 0. The molecule has 0 atom stereocenters. The number of hydrogen-bond donors (Lipinski definition) is 2. The van der Waals surface area contributed by atoms with Crippen molar-refractivity contribution in [2.75, 3.05) is 17.2 Å². The fourth-order valence-corrected chi connectivity index (χ4v) is 1.88. The van der Waals surface area contributed by atoms with Gasteiger partial charge in [0.25, 0.3) is 5.91 Å². The molecule has 0 spiro atoms. The number of benzene rings is 1. The van der Waals surface area contributed by atoms with E-state index in [1.165, 1.54) is 0 Å². The van der Waals surface area contributed by atoms with Crippen LogP contribution in [0.1, 0.15) is 30.6 Å². The molecule has 4 N–H and O–H groups in total. The molecule has 0 unspecified atom stereocenters. The fraction of sp³-hybridized carbons (Fsp3) is 0.385. The van der Waals surface area contributed by atoms with Gasteiger partial charge in [0.1, 0.15) is 0 Å². The van der Waals surface area contributed by atoms with Crippen LogP contribution in [0.3, 0.4) is 0 Å². The number of carbonyl (C=O) groups is 1. The van der Waals surface area contributed by atoms with Crippen molar-refractivity contribution in [1.82, 2.24) is 0 Å². The first-order valence-electron chi connectivity index (χ1n) is 5.81. The Balaban J connectivity index is 3.26. The number of nitriles is 1. The van der Waals surface area contributed by atoms with Crippen LogP contribution >= 0.6 is 0 Å². The van der Waals surface area contributed by atoms with Crippen LogP contribution in [-0.4, -0.2) is 18.5 Å². The topological polar surface area (TPSA) is 96.1 Å². The predicted octanol–water partition coefficient (Wildman–Crippen LogP) is 1.50. The van der Waals surface area contributed by atoms with Crippen LogP contribution in [-0.2, 0) is 0 Å². The number of anilines is 2. The van der Waals surface area contributed by atoms with Gasteiger partial charge in [0.2, 0.25) is 0 Å². The number of para-hydroxylation sites is 1. The molecule has 0 saturated heterocycles. The van der Waals surface area contributed by atoms with E-state index in [1.54, 1.807) is 18.2 Å². The van der Waals surface area contributed by atoms with Gasteiger partial charge in [0.05, 0.1) is 29.4 Å². The molecule has 1 amide bonds. The molecule has 5 nitrogen and oxygen atoms in total. The lowest BCUT2D eigenvalue weighted by atomic mass is 10.1. The Morgan fingerprint density at radius 2 is 2.17 bits per heavy atom. The average Bonchev–Trinajstić information content (AvgIpc) is 2.30. The minimum Gasteiger partial charge on any atom is -0.397 e. The lowest BCUT2D eigenvalue weighted by Crippen LogP contribution is -2.34. The number of nitrogen functional groups attached to an aromatic ring is 1. The summed E-state index contributed by atoms with van der Waals surface area (Å²) in [6.07, 6.45) is 0.366. The van der Waals surface area contributed by atoms with Gasteiger partial charge in [0.15, 0.2) is 0 Å². The summed E-state index contributed by atoms with van der Waals surface area (Å²) < 4.78 is 0. The number of carbonyl (C=O) groups excluding carboxylic acids is 1. The molecule has 18 heavy (non-hydrogen) atoms. The third kappa shape index (κ3) is 2.92. The van der Waals surface area contributed by atoms with Gasteiger partial charge in [-0.25, -0.2) is 0 Å². The second-order valence-corrected chi connectivity index (χ2v) is 4.30. The van der Waals surface area contributed by atoms with E-state index in [2.05, 4.69) is 6.07 Å². The van der Waals surface area contributed by atoms with Crippen molar-refractivity contribution in [3.8, 4) is 6.07 Å². The highest BCUT2D eigenvalue weighted by atomic mass is 16.1. The zero-order valence-electron chi connectivity index (χ0n) is 10.7. The molecule has 0 aliphatic heterocycles. The summed E-state index contributed by atoms with van der Waals surface area (Å²) in [6.45, 7) is 4.48. The molecule has 0 radical (unpaired) electrons. The molecule has 96 valence electrons. The van der Waals surface area contributed by atoms with Crippen LogP contribution in [0.15, 0.2) is 18.2 Å². The molecule has 1 rings (SSSR count). The number of nitrogens with zero attached hydrogens (tertiary/aromatic N) is 2. The van der Waals surface area contributed by atoms with Gasteiger partial charge in [-0.05, 0) is 26.0 Å². The van der Waals surface area contributed by atoms with Crippen LogP contribution in [0.25, 0.3) is 0 Å². The Morgan fingerprint density at radius 3 is 2.67 bits per heavy atom. The van der Waals surface area contributed by atoms with Crippen LogP contribution < -0.4 is 16.4 Å². The second kappa shape index (κ2) is 5.92. The number of hydrogen-bond acceptors (Lipinski definition) is 4. The molecule has 5 heteroatoms. The molecule has 0 aliphatic rings. The lowest BCUT2D eigenvalue weighted by Gasteiger charge is -2.30. The molecular weight excluding hydrogens is 228 g/mol. The van der Waals surface area contributed by atoms with E-state index < -0.39 is 5.91 Å². The minimum atomic E-state index is -0.514. The van der Waals surface area contributed by atoms with Gasteiger partial charge in [0, 0.05) is 12.6 Å². The van der Waals surface area contributed by atoms with E-state index in [4.69, 9.17) is 16.7 Å². The monoisotopic (exact) mass is 246 g/mol. The molecule has 0 bridgehead atoms. The first-order chi connectivity index (χ1) is 8.49. The fourth-order valence-electron chi connectivity index (χ4n) is 1.88. The summed E-state index contributed by atoms with van der Waals surface area (Å²) in [5, 5.41) is 8.69. The first-order valence-corrected chi connectivity index (χ1v) is 5.81. The predicted molar refractivity (Wildman–Crippen MR) is 72.1 cm³/mol. The number of rotatable bonds is 5. The van der Waals surface area contributed by atoms with E-state index in [9.17, 15) is 4.79 Å². The van der Waals surface area contributed by atoms with Crippen LogP contribution in [0.5, 0.6) is 0 Å². The molecule has 0 fully saturated rings. The largest absolute Gasteiger partial charge is 0.397 e. The van der Waals surface area contributed by atoms with Crippen molar-refractivity contribution in [2.24, 2.45) is 5.73 Å². The summed E-state index contributed by atoms with van der Waals surface area (Å²) in [7, 11) is 0. The number of amides is 1. The smallest absolute Gasteiger partial charge is 0.250 e. The zero-order chi connectivity index (χ0) is 13.7. The van der Waals surface area contributed by atoms with E-state index in [1.807, 2.05) is 18.7 Å². The van der Waals surface area contributed by atoms with Gasteiger partial charge < -0.3 is 16.4 Å². The van der Waals surface area contributed by atoms with Crippen molar-refractivity contribution in [1.29, 1.82) is 5.26 Å². The Labute approximate surface area is 107 Å². The molecular formula is C13H18N4O. The highest BCUT2D eigenvalue weighted by Crippen LogP contribution is 2.29. The third-order valence-electron chi connectivity index (χ3n) is 2.71. The standard InChI is InChI=1S/C13H18N4O/c1-9(2)17(8-4-7-14)12-10(13(16)18)5-3-6-11(12)15/h3,5-6,9H,4,8,15H2,1-2H3,(H2,16,18). The second-order valence-electron chi connectivity index (χ2n) is 4.30. The summed E-state index contributed by atoms with van der Waals surface area (Å²) in [5.74, 6) is -0.514. The van der Waals surface area contributed by atoms with Gasteiger partial charge in [-0.1, -0.05) is 6.07 Å². The maximum Gasteiger partial charge on any atom is 0.250 e. The van der Waals surface area contributed by atoms with E-state index in [0.29, 0.717) is 29.9 Å². The lowest BCUT2D eigenvalue weighted by molar-refractivity contribution is 0.100. The summed E-state index contributed by atoms with van der Waals surface area (Å²) in [5.41, 5.74) is 12.8. The molecule has 1 aromatic carbocycles. The molecule has 0 aromatic heterocycles. The molecule has 1 aromatic rings.